The summed E-state index contributed by atoms with van der Waals surface area (Å²) in [5.74, 6) is 0.997. The number of rotatable bonds is 10. The van der Waals surface area contributed by atoms with Gasteiger partial charge in [0.25, 0.3) is 0 Å². The van der Waals surface area contributed by atoms with Crippen molar-refractivity contribution in [2.24, 2.45) is 0 Å². The van der Waals surface area contributed by atoms with Crippen LogP contribution in [0.3, 0.4) is 0 Å². The Morgan fingerprint density at radius 2 is 1.72 bits per heavy atom. The Kier molecular flexibility index (Phi) is 8.70. The molecule has 0 spiro atoms. The van der Waals surface area contributed by atoms with Crippen molar-refractivity contribution in [3.05, 3.63) is 53.3 Å². The van der Waals surface area contributed by atoms with Crippen LogP contribution < -0.4 is 19.5 Å². The fraction of sp³-hybridized carbons (Fsp3) is 0.458. The topological polar surface area (TPSA) is 69.3 Å². The van der Waals surface area contributed by atoms with Gasteiger partial charge < -0.3 is 24.3 Å². The normalized spacial score (nSPS) is 15.1. The molecular formula is C24H31FN2O5. The predicted octanol–water partition coefficient (Wildman–Crippen LogP) is 2.97. The maximum absolute atomic E-state index is 13.9. The number of nitrogens with zero attached hydrogens (tertiary/aromatic N) is 1. The van der Waals surface area contributed by atoms with E-state index < -0.39 is 5.82 Å². The Morgan fingerprint density at radius 1 is 1.03 bits per heavy atom. The van der Waals surface area contributed by atoms with Crippen molar-refractivity contribution in [3.8, 4) is 17.2 Å². The molecule has 1 fully saturated rings. The molecule has 1 aliphatic rings. The number of benzene rings is 2. The molecule has 0 radical (unpaired) electrons. The number of carbonyl (C=O) groups excluding carboxylic acids is 1. The minimum Gasteiger partial charge on any atom is -0.494 e. The zero-order chi connectivity index (χ0) is 22.9. The second kappa shape index (κ2) is 11.7. The molecule has 8 heteroatoms. The minimum atomic E-state index is -0.425. The molecule has 1 unspecified atom stereocenters. The van der Waals surface area contributed by atoms with E-state index in [1.807, 2.05) is 18.2 Å². The fourth-order valence-electron chi connectivity index (χ4n) is 3.83. The first-order valence-corrected chi connectivity index (χ1v) is 10.7. The van der Waals surface area contributed by atoms with Crippen LogP contribution in [-0.4, -0.2) is 65.0 Å². The molecule has 0 bridgehead atoms. The van der Waals surface area contributed by atoms with E-state index in [4.69, 9.17) is 18.9 Å². The molecule has 1 heterocycles. The summed E-state index contributed by atoms with van der Waals surface area (Å²) in [5, 5.41) is 3.04. The molecule has 32 heavy (non-hydrogen) atoms. The Hall–Kier alpha value is -2.84. The smallest absolute Gasteiger partial charge is 0.220 e. The molecule has 1 N–H and O–H groups in total. The molecule has 0 aliphatic carbocycles. The highest BCUT2D eigenvalue weighted by atomic mass is 19.1. The molecule has 3 rings (SSSR count). The van der Waals surface area contributed by atoms with Gasteiger partial charge in [0, 0.05) is 26.1 Å². The Bertz CT molecular complexity index is 902. The number of amides is 1. The number of halogens is 1. The SMILES string of the molecule is COc1ccc(CCC(=O)NCC(c2ccc(OC)c(OC)c2)N2CCOCC2)cc1F. The highest BCUT2D eigenvalue weighted by Crippen LogP contribution is 2.32. The lowest BCUT2D eigenvalue weighted by Crippen LogP contribution is -2.43. The van der Waals surface area contributed by atoms with E-state index in [1.54, 1.807) is 26.4 Å². The zero-order valence-corrected chi connectivity index (χ0v) is 18.9. The van der Waals surface area contributed by atoms with Crippen LogP contribution in [0, 0.1) is 5.82 Å². The molecule has 1 saturated heterocycles. The van der Waals surface area contributed by atoms with Crippen molar-refractivity contribution in [1.82, 2.24) is 10.2 Å². The first-order chi connectivity index (χ1) is 15.5. The summed E-state index contributed by atoms with van der Waals surface area (Å²) in [4.78, 5) is 14.8. The number of aryl methyl sites for hydroxylation is 1. The summed E-state index contributed by atoms with van der Waals surface area (Å²) in [6, 6.07) is 10.6. The summed E-state index contributed by atoms with van der Waals surface area (Å²) in [6.07, 6.45) is 0.721. The summed E-state index contributed by atoms with van der Waals surface area (Å²) >= 11 is 0. The molecule has 2 aromatic carbocycles. The van der Waals surface area contributed by atoms with Crippen molar-refractivity contribution in [2.45, 2.75) is 18.9 Å². The van der Waals surface area contributed by atoms with Gasteiger partial charge in [-0.25, -0.2) is 4.39 Å². The van der Waals surface area contributed by atoms with E-state index in [-0.39, 0.29) is 24.1 Å². The summed E-state index contributed by atoms with van der Waals surface area (Å²) in [5.41, 5.74) is 1.78. The van der Waals surface area contributed by atoms with Gasteiger partial charge in [-0.1, -0.05) is 12.1 Å². The van der Waals surface area contributed by atoms with Gasteiger partial charge >= 0.3 is 0 Å². The summed E-state index contributed by atoms with van der Waals surface area (Å²) in [6.45, 7) is 3.31. The number of carbonyl (C=O) groups is 1. The van der Waals surface area contributed by atoms with Gasteiger partial charge in [-0.15, -0.1) is 0 Å². The van der Waals surface area contributed by atoms with E-state index in [2.05, 4.69) is 10.2 Å². The average Bonchev–Trinajstić information content (AvgIpc) is 2.83. The van der Waals surface area contributed by atoms with Crippen molar-refractivity contribution in [1.29, 1.82) is 0 Å². The number of morpholine rings is 1. The van der Waals surface area contributed by atoms with Gasteiger partial charge in [-0.2, -0.15) is 0 Å². The van der Waals surface area contributed by atoms with E-state index in [0.717, 1.165) is 24.2 Å². The number of hydrogen-bond donors (Lipinski definition) is 1. The Morgan fingerprint density at radius 3 is 2.38 bits per heavy atom. The molecule has 0 aromatic heterocycles. The number of hydrogen-bond acceptors (Lipinski definition) is 6. The predicted molar refractivity (Wildman–Crippen MR) is 119 cm³/mol. The van der Waals surface area contributed by atoms with Gasteiger partial charge in [0.15, 0.2) is 23.1 Å². The first kappa shape index (κ1) is 23.8. The molecule has 1 amide bonds. The van der Waals surface area contributed by atoms with Crippen molar-refractivity contribution >= 4 is 5.91 Å². The highest BCUT2D eigenvalue weighted by Gasteiger charge is 2.24. The molecule has 1 atom stereocenters. The Labute approximate surface area is 188 Å². The molecule has 7 nitrogen and oxygen atoms in total. The molecule has 2 aromatic rings. The van der Waals surface area contributed by atoms with Gasteiger partial charge in [-0.3, -0.25) is 9.69 Å². The van der Waals surface area contributed by atoms with E-state index in [9.17, 15) is 9.18 Å². The Balaban J connectivity index is 1.64. The average molecular weight is 447 g/mol. The highest BCUT2D eigenvalue weighted by molar-refractivity contribution is 5.76. The summed E-state index contributed by atoms with van der Waals surface area (Å²) < 4.78 is 35.1. The van der Waals surface area contributed by atoms with Crippen LogP contribution in [0.2, 0.25) is 0 Å². The van der Waals surface area contributed by atoms with Crippen molar-refractivity contribution in [3.63, 3.8) is 0 Å². The first-order valence-electron chi connectivity index (χ1n) is 10.7. The maximum atomic E-state index is 13.9. The maximum Gasteiger partial charge on any atom is 0.220 e. The van der Waals surface area contributed by atoms with Crippen LogP contribution in [0.25, 0.3) is 0 Å². The van der Waals surface area contributed by atoms with E-state index in [1.165, 1.54) is 13.2 Å². The van der Waals surface area contributed by atoms with Crippen LogP contribution in [-0.2, 0) is 16.0 Å². The lowest BCUT2D eigenvalue weighted by atomic mass is 10.0. The van der Waals surface area contributed by atoms with Crippen LogP contribution in [0.5, 0.6) is 17.2 Å². The lowest BCUT2D eigenvalue weighted by Gasteiger charge is -2.35. The second-order valence-corrected chi connectivity index (χ2v) is 7.55. The fourth-order valence-corrected chi connectivity index (χ4v) is 3.83. The minimum absolute atomic E-state index is 0.0268. The third kappa shape index (κ3) is 6.11. The monoisotopic (exact) mass is 446 g/mol. The third-order valence-electron chi connectivity index (χ3n) is 5.63. The van der Waals surface area contributed by atoms with Crippen LogP contribution in [0.1, 0.15) is 23.6 Å². The largest absolute Gasteiger partial charge is 0.494 e. The van der Waals surface area contributed by atoms with Crippen LogP contribution in [0.4, 0.5) is 4.39 Å². The van der Waals surface area contributed by atoms with Crippen LogP contribution in [0.15, 0.2) is 36.4 Å². The number of methoxy groups -OCH3 is 3. The van der Waals surface area contributed by atoms with Gasteiger partial charge in [0.2, 0.25) is 5.91 Å². The lowest BCUT2D eigenvalue weighted by molar-refractivity contribution is -0.121. The zero-order valence-electron chi connectivity index (χ0n) is 18.9. The van der Waals surface area contributed by atoms with Crippen molar-refractivity contribution in [2.75, 3.05) is 54.2 Å². The molecule has 1 aliphatic heterocycles. The van der Waals surface area contributed by atoms with Gasteiger partial charge in [0.05, 0.1) is 40.6 Å². The molecular weight excluding hydrogens is 415 g/mol. The van der Waals surface area contributed by atoms with Gasteiger partial charge in [0.1, 0.15) is 0 Å². The van der Waals surface area contributed by atoms with Gasteiger partial charge in [-0.05, 0) is 41.8 Å². The quantitative estimate of drug-likeness (QED) is 0.605. The van der Waals surface area contributed by atoms with E-state index in [0.29, 0.717) is 37.7 Å². The van der Waals surface area contributed by atoms with Crippen molar-refractivity contribution < 1.29 is 28.1 Å². The molecule has 174 valence electrons. The van der Waals surface area contributed by atoms with Crippen LogP contribution >= 0.6 is 0 Å². The third-order valence-corrected chi connectivity index (χ3v) is 5.63. The molecule has 0 saturated carbocycles. The van der Waals surface area contributed by atoms with E-state index >= 15 is 0 Å². The number of nitrogens with one attached hydrogen (secondary N) is 1. The number of ether oxygens (including phenoxy) is 4. The standard InChI is InChI=1S/C24H31FN2O5/c1-29-21-7-4-17(14-19(21)25)5-9-24(28)26-16-20(27-10-12-32-13-11-27)18-6-8-22(30-2)23(15-18)31-3/h4,6-8,14-15,20H,5,9-13,16H2,1-3H3,(H,26,28). The summed E-state index contributed by atoms with van der Waals surface area (Å²) in [7, 11) is 4.63. The second-order valence-electron chi connectivity index (χ2n) is 7.55.